The number of anilines is 1. The Morgan fingerprint density at radius 2 is 1.90 bits per heavy atom. The number of ether oxygens (including phenoxy) is 1. The number of amides is 3. The molecule has 0 aliphatic carbocycles. The molecule has 2 aliphatic heterocycles. The Balaban J connectivity index is 1.45. The Bertz CT molecular complexity index is 1350. The molecule has 2 aromatic rings. The van der Waals surface area contributed by atoms with Crippen LogP contribution < -0.4 is 20.1 Å². The van der Waals surface area contributed by atoms with E-state index in [0.717, 1.165) is 48.9 Å². The summed E-state index contributed by atoms with van der Waals surface area (Å²) in [5.41, 5.74) is -4.36. The van der Waals surface area contributed by atoms with Crippen LogP contribution in [0.1, 0.15) is 42.7 Å². The van der Waals surface area contributed by atoms with Crippen molar-refractivity contribution in [3.8, 4) is 5.75 Å². The molecule has 1 aromatic carbocycles. The third-order valence-corrected chi connectivity index (χ3v) is 7.69. The van der Waals surface area contributed by atoms with Crippen LogP contribution in [0.15, 0.2) is 29.3 Å². The molecule has 3 amide bonds. The van der Waals surface area contributed by atoms with Crippen molar-refractivity contribution in [1.29, 1.82) is 0 Å². The average Bonchev–Trinajstić information content (AvgIpc) is 3.36. The predicted octanol–water partition coefficient (Wildman–Crippen LogP) is 3.77. The van der Waals surface area contributed by atoms with Crippen LogP contribution in [0.25, 0.3) is 0 Å². The highest BCUT2D eigenvalue weighted by atomic mass is 32.2. The fraction of sp³-hybridized carbons (Fsp3) is 0.458. The number of benzene rings is 1. The number of carbonyl (C=O) groups is 3. The Morgan fingerprint density at radius 3 is 2.55 bits per heavy atom. The lowest BCUT2D eigenvalue weighted by Crippen LogP contribution is -2.58. The van der Waals surface area contributed by atoms with E-state index >= 15 is 0 Å². The highest BCUT2D eigenvalue weighted by molar-refractivity contribution is 7.97. The maximum Gasteiger partial charge on any atom is 0.410 e. The van der Waals surface area contributed by atoms with Gasteiger partial charge in [0, 0.05) is 32.0 Å². The molecular formula is C24H25F6N5O4S. The number of carbonyl (C=O) groups excluding carboxylic acids is 3. The zero-order chi connectivity index (χ0) is 29.6. The van der Waals surface area contributed by atoms with Gasteiger partial charge in [-0.15, -0.1) is 0 Å². The van der Waals surface area contributed by atoms with Gasteiger partial charge in [-0.3, -0.25) is 14.4 Å². The summed E-state index contributed by atoms with van der Waals surface area (Å²) in [6, 6.07) is 2.80. The smallest absolute Gasteiger partial charge is 0.410 e. The molecule has 1 atom stereocenters. The van der Waals surface area contributed by atoms with Gasteiger partial charge >= 0.3 is 18.0 Å². The van der Waals surface area contributed by atoms with Gasteiger partial charge in [0.05, 0.1) is 16.0 Å². The Kier molecular flexibility index (Phi) is 7.79. The van der Waals surface area contributed by atoms with E-state index in [1.54, 1.807) is 18.6 Å². The van der Waals surface area contributed by atoms with E-state index in [2.05, 4.69) is 10.0 Å². The van der Waals surface area contributed by atoms with Gasteiger partial charge in [0.2, 0.25) is 0 Å². The molecule has 4 rings (SSSR count). The number of rotatable bonds is 4. The molecule has 40 heavy (non-hydrogen) atoms. The first-order chi connectivity index (χ1) is 18.5. The second-order valence-electron chi connectivity index (χ2n) is 10.1. The largest absolute Gasteiger partial charge is 0.488 e. The number of fused-ring (bicyclic) bond motifs is 1. The van der Waals surface area contributed by atoms with Crippen molar-refractivity contribution in [1.82, 2.24) is 19.5 Å². The maximum atomic E-state index is 13.6. The summed E-state index contributed by atoms with van der Waals surface area (Å²) in [4.78, 5) is 39.6. The summed E-state index contributed by atoms with van der Waals surface area (Å²) in [6.07, 6.45) is -5.96. The van der Waals surface area contributed by atoms with E-state index < -0.39 is 52.8 Å². The summed E-state index contributed by atoms with van der Waals surface area (Å²) < 4.78 is 89.7. The number of aryl methyl sites for hydroxylation is 1. The number of likely N-dealkylation sites (tertiary alicyclic amines) is 1. The first-order valence-electron chi connectivity index (χ1n) is 11.9. The summed E-state index contributed by atoms with van der Waals surface area (Å²) in [7, 11) is 1.56. The van der Waals surface area contributed by atoms with Gasteiger partial charge in [0.25, 0.3) is 12.3 Å². The highest BCUT2D eigenvalue weighted by Crippen LogP contribution is 2.40. The standard InChI is InChI=1S/C24H25F6N5O4S/c1-22(2,24(28,29)30)32-20(37)21(38)35-7-6-23(10-35)11-39-17-15(40-33-23)9-34(3)16(17)19(36)31-12-4-5-14(25)13(8-12)18(26)27/h4-5,8-9,18,33H,6-7,10-11H2,1-3H3,(H,31,36)(H,32,37)/t23-/m1/s1. The van der Waals surface area contributed by atoms with Crippen LogP contribution >= 0.6 is 11.9 Å². The highest BCUT2D eigenvalue weighted by Gasteiger charge is 2.50. The lowest BCUT2D eigenvalue weighted by atomic mass is 10.0. The van der Waals surface area contributed by atoms with Gasteiger partial charge in [0.15, 0.2) is 11.4 Å². The fourth-order valence-electron chi connectivity index (χ4n) is 4.23. The minimum Gasteiger partial charge on any atom is -0.488 e. The molecule has 1 fully saturated rings. The minimum absolute atomic E-state index is 0.0453. The van der Waals surface area contributed by atoms with Crippen LogP contribution in [0.2, 0.25) is 0 Å². The van der Waals surface area contributed by atoms with Gasteiger partial charge in [-0.1, -0.05) is 0 Å². The van der Waals surface area contributed by atoms with Crippen LogP contribution in [0.4, 0.5) is 32.0 Å². The van der Waals surface area contributed by atoms with Gasteiger partial charge in [-0.25, -0.2) is 17.9 Å². The number of hydrogen-bond donors (Lipinski definition) is 3. The Morgan fingerprint density at radius 1 is 1.20 bits per heavy atom. The molecule has 0 radical (unpaired) electrons. The lowest BCUT2D eigenvalue weighted by molar-refractivity contribution is -0.189. The summed E-state index contributed by atoms with van der Waals surface area (Å²) >= 11 is 1.10. The van der Waals surface area contributed by atoms with Crippen molar-refractivity contribution in [2.24, 2.45) is 7.05 Å². The van der Waals surface area contributed by atoms with Crippen molar-refractivity contribution in [3.05, 3.63) is 41.5 Å². The van der Waals surface area contributed by atoms with Crippen LogP contribution in [0.5, 0.6) is 5.75 Å². The van der Waals surface area contributed by atoms with Crippen LogP contribution in [-0.2, 0) is 16.6 Å². The second kappa shape index (κ2) is 10.5. The van der Waals surface area contributed by atoms with E-state index in [4.69, 9.17) is 4.74 Å². The van der Waals surface area contributed by atoms with Crippen molar-refractivity contribution in [3.63, 3.8) is 0 Å². The zero-order valence-electron chi connectivity index (χ0n) is 21.4. The van der Waals surface area contributed by atoms with Crippen molar-refractivity contribution in [2.45, 2.75) is 48.8 Å². The molecule has 16 heteroatoms. The normalized spacial score (nSPS) is 19.3. The third kappa shape index (κ3) is 5.73. The summed E-state index contributed by atoms with van der Waals surface area (Å²) in [6.45, 7) is 1.45. The quantitative estimate of drug-likeness (QED) is 0.283. The first-order valence-corrected chi connectivity index (χ1v) is 12.7. The Labute approximate surface area is 228 Å². The molecule has 3 heterocycles. The fourth-order valence-corrected chi connectivity index (χ4v) is 5.24. The molecule has 1 spiro atoms. The predicted molar refractivity (Wildman–Crippen MR) is 131 cm³/mol. The second-order valence-corrected chi connectivity index (χ2v) is 10.9. The van der Waals surface area contributed by atoms with E-state index in [1.807, 2.05) is 0 Å². The van der Waals surface area contributed by atoms with E-state index in [1.165, 1.54) is 4.57 Å². The van der Waals surface area contributed by atoms with E-state index in [-0.39, 0.29) is 36.8 Å². The van der Waals surface area contributed by atoms with Crippen LogP contribution in [0.3, 0.4) is 0 Å². The molecule has 0 unspecified atom stereocenters. The van der Waals surface area contributed by atoms with Crippen molar-refractivity contribution in [2.75, 3.05) is 25.0 Å². The van der Waals surface area contributed by atoms with Gasteiger partial charge in [0.1, 0.15) is 18.0 Å². The third-order valence-electron chi connectivity index (χ3n) is 6.65. The Hall–Kier alpha value is -3.40. The molecule has 218 valence electrons. The molecular weight excluding hydrogens is 568 g/mol. The molecule has 1 aromatic heterocycles. The average molecular weight is 594 g/mol. The summed E-state index contributed by atoms with van der Waals surface area (Å²) in [5, 5.41) is 4.18. The number of nitrogens with one attached hydrogen (secondary N) is 3. The topological polar surface area (TPSA) is 105 Å². The van der Waals surface area contributed by atoms with Crippen LogP contribution in [-0.4, -0.2) is 64.1 Å². The molecule has 2 aliphatic rings. The lowest BCUT2D eigenvalue weighted by Gasteiger charge is -2.30. The number of nitrogens with zero attached hydrogens (tertiary/aromatic N) is 2. The molecule has 3 N–H and O–H groups in total. The summed E-state index contributed by atoms with van der Waals surface area (Å²) in [5.74, 6) is -4.16. The van der Waals surface area contributed by atoms with E-state index in [9.17, 15) is 40.7 Å². The monoisotopic (exact) mass is 593 g/mol. The van der Waals surface area contributed by atoms with Crippen LogP contribution in [0, 0.1) is 5.82 Å². The minimum atomic E-state index is -4.76. The van der Waals surface area contributed by atoms with E-state index in [0.29, 0.717) is 11.3 Å². The van der Waals surface area contributed by atoms with Crippen molar-refractivity contribution < 1.29 is 45.5 Å². The number of aromatic nitrogens is 1. The molecule has 0 saturated carbocycles. The number of halogens is 6. The van der Waals surface area contributed by atoms with Gasteiger partial charge < -0.3 is 24.8 Å². The number of hydrogen-bond acceptors (Lipinski definition) is 6. The van der Waals surface area contributed by atoms with Gasteiger partial charge in [-0.05, 0) is 50.4 Å². The molecule has 1 saturated heterocycles. The molecule has 0 bridgehead atoms. The zero-order valence-corrected chi connectivity index (χ0v) is 22.2. The maximum absolute atomic E-state index is 13.6. The van der Waals surface area contributed by atoms with Gasteiger partial charge in [-0.2, -0.15) is 13.2 Å². The first kappa shape index (κ1) is 29.6. The SMILES string of the molecule is Cn1cc2c(c1C(=O)Nc1ccc(F)c(C(F)F)c1)OC[C@]1(CCN(C(=O)C(=O)NC(C)(C)C(F)(F)F)C1)NS2. The van der Waals surface area contributed by atoms with Crippen molar-refractivity contribution >= 4 is 35.4 Å². The molecule has 9 nitrogen and oxygen atoms in total. The number of alkyl halides is 5.